The van der Waals surface area contributed by atoms with E-state index < -0.39 is 29.9 Å². The summed E-state index contributed by atoms with van der Waals surface area (Å²) in [6.45, 7) is 0. The first-order valence-corrected chi connectivity index (χ1v) is 12.9. The van der Waals surface area contributed by atoms with Crippen LogP contribution in [-0.4, -0.2) is 43.1 Å². The number of nitrogens with zero attached hydrogens (tertiary/aromatic N) is 2. The lowest BCUT2D eigenvalue weighted by atomic mass is 10.2. The van der Waals surface area contributed by atoms with Gasteiger partial charge in [-0.2, -0.15) is 4.98 Å². The summed E-state index contributed by atoms with van der Waals surface area (Å²) in [5, 5.41) is 7.93. The zero-order valence-corrected chi connectivity index (χ0v) is 24.0. The number of carbonyl (C=O) groups excluding carboxylic acids is 2. The summed E-state index contributed by atoms with van der Waals surface area (Å²) in [7, 11) is 4.47. The SMILES string of the molecule is COc1cc(Nc2ncc(Br)c(Oc3ccc(NC(=O)CC(=O)Nc4ccc(F)cc4)cc3F)n2)cc(OC)c1OC. The maximum atomic E-state index is 14.9. The Balaban J connectivity index is 1.41. The van der Waals surface area contributed by atoms with Crippen LogP contribution in [0.1, 0.15) is 6.42 Å². The van der Waals surface area contributed by atoms with E-state index in [2.05, 4.69) is 41.8 Å². The van der Waals surface area contributed by atoms with Crippen LogP contribution in [0.2, 0.25) is 0 Å². The molecule has 3 aromatic carbocycles. The van der Waals surface area contributed by atoms with Crippen LogP contribution >= 0.6 is 15.9 Å². The molecular formula is C28H24BrF2N5O6. The Morgan fingerprint density at radius 2 is 1.43 bits per heavy atom. The van der Waals surface area contributed by atoms with Gasteiger partial charge in [-0.15, -0.1) is 0 Å². The number of nitrogens with one attached hydrogen (secondary N) is 3. The number of aromatic nitrogens is 2. The van der Waals surface area contributed by atoms with E-state index in [0.29, 0.717) is 33.1 Å². The van der Waals surface area contributed by atoms with Gasteiger partial charge in [-0.25, -0.2) is 13.8 Å². The van der Waals surface area contributed by atoms with Crippen LogP contribution < -0.4 is 34.9 Å². The van der Waals surface area contributed by atoms with Gasteiger partial charge in [-0.05, 0) is 52.3 Å². The summed E-state index contributed by atoms with van der Waals surface area (Å²) >= 11 is 3.29. The summed E-state index contributed by atoms with van der Waals surface area (Å²) in [5.74, 6) is -1.36. The minimum Gasteiger partial charge on any atom is -0.493 e. The second-order valence-corrected chi connectivity index (χ2v) is 9.27. The number of methoxy groups -OCH3 is 3. The molecule has 0 aliphatic rings. The number of hydrogen-bond donors (Lipinski definition) is 3. The van der Waals surface area contributed by atoms with Crippen molar-refractivity contribution in [2.45, 2.75) is 6.42 Å². The smallest absolute Gasteiger partial charge is 0.238 e. The monoisotopic (exact) mass is 643 g/mol. The van der Waals surface area contributed by atoms with Gasteiger partial charge in [0.25, 0.3) is 0 Å². The van der Waals surface area contributed by atoms with E-state index in [-0.39, 0.29) is 23.3 Å². The molecule has 0 aliphatic heterocycles. The molecule has 4 aromatic rings. The summed E-state index contributed by atoms with van der Waals surface area (Å²) in [6.07, 6.45) is 0.888. The number of halogens is 3. The predicted octanol–water partition coefficient (Wildman–Crippen LogP) is 6.05. The Labute approximate surface area is 247 Å². The lowest BCUT2D eigenvalue weighted by Crippen LogP contribution is -2.21. The van der Waals surface area contributed by atoms with Gasteiger partial charge in [0.2, 0.25) is 29.4 Å². The molecule has 1 aromatic heterocycles. The molecule has 0 bridgehead atoms. The minimum atomic E-state index is -0.798. The normalized spacial score (nSPS) is 10.4. The Bertz CT molecular complexity index is 1580. The highest BCUT2D eigenvalue weighted by molar-refractivity contribution is 9.10. The summed E-state index contributed by atoms with van der Waals surface area (Å²) in [5.41, 5.74) is 0.959. The molecule has 0 saturated carbocycles. The Morgan fingerprint density at radius 1 is 0.810 bits per heavy atom. The second kappa shape index (κ2) is 13.6. The van der Waals surface area contributed by atoms with Gasteiger partial charge in [-0.1, -0.05) is 0 Å². The topological polar surface area (TPSA) is 133 Å². The maximum Gasteiger partial charge on any atom is 0.238 e. The van der Waals surface area contributed by atoms with Gasteiger partial charge < -0.3 is 34.9 Å². The first-order valence-electron chi connectivity index (χ1n) is 12.1. The standard InChI is InChI=1S/C28H24BrF2N5O6/c1-39-22-11-18(12-23(40-2)26(22)41-3)35-28-32-14-19(29)27(36-28)42-21-9-8-17(10-20(21)31)34-25(38)13-24(37)33-16-6-4-15(30)5-7-16/h4-12,14H,13H2,1-3H3,(H,33,37)(H,34,38)(H,32,35,36). The van der Waals surface area contributed by atoms with Crippen LogP contribution in [0.4, 0.5) is 31.8 Å². The molecule has 4 rings (SSSR count). The number of hydrogen-bond acceptors (Lipinski definition) is 9. The zero-order valence-electron chi connectivity index (χ0n) is 22.5. The van der Waals surface area contributed by atoms with Crippen LogP contribution in [-0.2, 0) is 9.59 Å². The number of carbonyl (C=O) groups is 2. The van der Waals surface area contributed by atoms with Crippen LogP contribution in [0, 0.1) is 11.6 Å². The molecule has 0 aliphatic carbocycles. The molecule has 0 atom stereocenters. The van der Waals surface area contributed by atoms with Crippen molar-refractivity contribution < 1.29 is 37.3 Å². The highest BCUT2D eigenvalue weighted by Gasteiger charge is 2.17. The molecule has 42 heavy (non-hydrogen) atoms. The fourth-order valence-electron chi connectivity index (χ4n) is 3.62. The Kier molecular flexibility index (Phi) is 9.70. The van der Waals surface area contributed by atoms with Gasteiger partial charge in [0, 0.05) is 35.3 Å². The van der Waals surface area contributed by atoms with Gasteiger partial charge >= 0.3 is 0 Å². The molecule has 218 valence electrons. The molecule has 0 unspecified atom stereocenters. The van der Waals surface area contributed by atoms with Crippen LogP contribution in [0.5, 0.6) is 28.9 Å². The lowest BCUT2D eigenvalue weighted by molar-refractivity contribution is -0.123. The average Bonchev–Trinajstić information content (AvgIpc) is 2.96. The molecule has 2 amide bonds. The van der Waals surface area contributed by atoms with E-state index in [4.69, 9.17) is 18.9 Å². The molecule has 3 N–H and O–H groups in total. The lowest BCUT2D eigenvalue weighted by Gasteiger charge is -2.15. The van der Waals surface area contributed by atoms with Gasteiger partial charge in [0.1, 0.15) is 12.2 Å². The first-order chi connectivity index (χ1) is 20.2. The van der Waals surface area contributed by atoms with Crippen molar-refractivity contribution in [3.8, 4) is 28.9 Å². The third-order valence-electron chi connectivity index (χ3n) is 5.50. The van der Waals surface area contributed by atoms with Crippen molar-refractivity contribution in [3.63, 3.8) is 0 Å². The minimum absolute atomic E-state index is 0.00749. The molecule has 11 nitrogen and oxygen atoms in total. The largest absolute Gasteiger partial charge is 0.493 e. The quantitative estimate of drug-likeness (QED) is 0.167. The molecule has 0 fully saturated rings. The zero-order chi connectivity index (χ0) is 30.2. The number of amides is 2. The number of anilines is 4. The molecule has 0 saturated heterocycles. The second-order valence-electron chi connectivity index (χ2n) is 8.41. The van der Waals surface area contributed by atoms with Gasteiger partial charge in [-0.3, -0.25) is 9.59 Å². The molecule has 1 heterocycles. The van der Waals surface area contributed by atoms with Crippen molar-refractivity contribution in [3.05, 3.63) is 76.9 Å². The van der Waals surface area contributed by atoms with Crippen molar-refractivity contribution in [1.29, 1.82) is 0 Å². The van der Waals surface area contributed by atoms with Crippen LogP contribution in [0.15, 0.2) is 65.3 Å². The number of ether oxygens (including phenoxy) is 4. The summed E-state index contributed by atoms with van der Waals surface area (Å²) in [6, 6.07) is 12.1. The van der Waals surface area contributed by atoms with E-state index >= 15 is 0 Å². The predicted molar refractivity (Wildman–Crippen MR) is 154 cm³/mol. The molecule has 0 radical (unpaired) electrons. The van der Waals surface area contributed by atoms with Crippen LogP contribution in [0.3, 0.4) is 0 Å². The summed E-state index contributed by atoms with van der Waals surface area (Å²) in [4.78, 5) is 32.8. The third-order valence-corrected chi connectivity index (χ3v) is 6.05. The van der Waals surface area contributed by atoms with E-state index in [1.165, 1.54) is 63.9 Å². The highest BCUT2D eigenvalue weighted by atomic mass is 79.9. The first kappa shape index (κ1) is 30.0. The fourth-order valence-corrected chi connectivity index (χ4v) is 3.89. The van der Waals surface area contributed by atoms with E-state index in [1.54, 1.807) is 12.1 Å². The van der Waals surface area contributed by atoms with Gasteiger partial charge in [0.05, 0.1) is 32.0 Å². The van der Waals surface area contributed by atoms with Crippen molar-refractivity contribution >= 4 is 50.8 Å². The Morgan fingerprint density at radius 3 is 2.02 bits per heavy atom. The third kappa shape index (κ3) is 7.60. The highest BCUT2D eigenvalue weighted by Crippen LogP contribution is 2.40. The number of benzene rings is 3. The van der Waals surface area contributed by atoms with Crippen molar-refractivity contribution in [2.75, 3.05) is 37.3 Å². The maximum absolute atomic E-state index is 14.9. The average molecular weight is 644 g/mol. The van der Waals surface area contributed by atoms with E-state index in [0.717, 1.165) is 6.07 Å². The van der Waals surface area contributed by atoms with Crippen LogP contribution in [0.25, 0.3) is 0 Å². The van der Waals surface area contributed by atoms with Crippen molar-refractivity contribution in [1.82, 2.24) is 9.97 Å². The Hall–Kier alpha value is -4.98. The van der Waals surface area contributed by atoms with Crippen molar-refractivity contribution in [2.24, 2.45) is 0 Å². The van der Waals surface area contributed by atoms with Gasteiger partial charge in [0.15, 0.2) is 23.1 Å². The number of rotatable bonds is 11. The summed E-state index contributed by atoms with van der Waals surface area (Å²) < 4.78 is 49.9. The van der Waals surface area contributed by atoms with E-state index in [9.17, 15) is 18.4 Å². The fraction of sp³-hybridized carbons (Fsp3) is 0.143. The molecule has 0 spiro atoms. The molecule has 14 heteroatoms. The van der Waals surface area contributed by atoms with E-state index in [1.807, 2.05) is 0 Å². The molecular weight excluding hydrogens is 620 g/mol.